The fourth-order valence-corrected chi connectivity index (χ4v) is 2.64. The van der Waals surface area contributed by atoms with E-state index in [-0.39, 0.29) is 5.82 Å². The van der Waals surface area contributed by atoms with Crippen molar-refractivity contribution in [3.8, 4) is 0 Å². The van der Waals surface area contributed by atoms with Crippen LogP contribution in [0.5, 0.6) is 0 Å². The maximum atomic E-state index is 13.5. The molecular weight excluding hydrogens is 307 g/mol. The molecule has 0 aromatic heterocycles. The minimum absolute atomic E-state index is 0.166. The van der Waals surface area contributed by atoms with Crippen LogP contribution in [0.1, 0.15) is 24.0 Å². The lowest BCUT2D eigenvalue weighted by molar-refractivity contribution is 0.0372. The van der Waals surface area contributed by atoms with Gasteiger partial charge in [-0.15, -0.1) is 0 Å². The summed E-state index contributed by atoms with van der Waals surface area (Å²) in [7, 11) is 1.75. The summed E-state index contributed by atoms with van der Waals surface area (Å²) >= 11 is 0. The Hall–Kier alpha value is -1.66. The van der Waals surface area contributed by atoms with Crippen LogP contribution in [-0.2, 0) is 11.3 Å². The molecule has 0 amide bonds. The van der Waals surface area contributed by atoms with Crippen LogP contribution in [-0.4, -0.2) is 57.3 Å². The lowest BCUT2D eigenvalue weighted by atomic mass is 10.1. The van der Waals surface area contributed by atoms with Gasteiger partial charge in [-0.1, -0.05) is 12.1 Å². The van der Waals surface area contributed by atoms with Gasteiger partial charge in [0.05, 0.1) is 13.2 Å². The Kier molecular flexibility index (Phi) is 7.98. The highest BCUT2D eigenvalue weighted by Gasteiger charge is 2.09. The van der Waals surface area contributed by atoms with Crippen LogP contribution in [0.3, 0.4) is 0 Å². The molecule has 1 fully saturated rings. The summed E-state index contributed by atoms with van der Waals surface area (Å²) in [6.07, 6.45) is 2.25. The van der Waals surface area contributed by atoms with E-state index in [1.807, 2.05) is 6.07 Å². The largest absolute Gasteiger partial charge is 0.379 e. The summed E-state index contributed by atoms with van der Waals surface area (Å²) in [5.74, 6) is 0.586. The zero-order chi connectivity index (χ0) is 17.2. The van der Waals surface area contributed by atoms with Gasteiger partial charge in [0.15, 0.2) is 5.96 Å². The Balaban J connectivity index is 1.60. The molecule has 1 aliphatic heterocycles. The zero-order valence-corrected chi connectivity index (χ0v) is 14.8. The number of hydrogen-bond donors (Lipinski definition) is 2. The fraction of sp³-hybridized carbons (Fsp3) is 0.611. The number of ether oxygens (including phenoxy) is 1. The highest BCUT2D eigenvalue weighted by molar-refractivity contribution is 5.79. The maximum absolute atomic E-state index is 13.5. The van der Waals surface area contributed by atoms with Gasteiger partial charge >= 0.3 is 0 Å². The van der Waals surface area contributed by atoms with Crippen molar-refractivity contribution in [2.75, 3.05) is 46.4 Å². The number of aliphatic imine (C=N–C) groups is 1. The number of unbranched alkanes of at least 4 members (excludes halogenated alkanes) is 1. The lowest BCUT2D eigenvalue weighted by Crippen LogP contribution is -2.38. The zero-order valence-electron chi connectivity index (χ0n) is 14.8. The number of benzene rings is 1. The SMILES string of the molecule is CN=C(NCCCCN1CCOCC1)NCc1ccc(C)c(F)c1. The van der Waals surface area contributed by atoms with Gasteiger partial charge < -0.3 is 15.4 Å². The minimum atomic E-state index is -0.166. The number of guanidine groups is 1. The van der Waals surface area contributed by atoms with Crippen molar-refractivity contribution in [3.63, 3.8) is 0 Å². The number of hydrogen-bond acceptors (Lipinski definition) is 3. The van der Waals surface area contributed by atoms with E-state index in [0.717, 1.165) is 63.8 Å². The molecule has 5 nitrogen and oxygen atoms in total. The molecule has 1 aromatic rings. The Bertz CT molecular complexity index is 530. The predicted octanol–water partition coefficient (Wildman–Crippen LogP) is 1.91. The highest BCUT2D eigenvalue weighted by atomic mass is 19.1. The van der Waals surface area contributed by atoms with Gasteiger partial charge in [0.1, 0.15) is 5.82 Å². The quantitative estimate of drug-likeness (QED) is 0.454. The van der Waals surface area contributed by atoms with E-state index in [1.165, 1.54) is 0 Å². The van der Waals surface area contributed by atoms with Crippen LogP contribution in [0, 0.1) is 12.7 Å². The van der Waals surface area contributed by atoms with E-state index >= 15 is 0 Å². The van der Waals surface area contributed by atoms with E-state index in [2.05, 4.69) is 20.5 Å². The molecule has 0 atom stereocenters. The summed E-state index contributed by atoms with van der Waals surface area (Å²) in [6, 6.07) is 5.30. The van der Waals surface area contributed by atoms with E-state index in [0.29, 0.717) is 12.1 Å². The third-order valence-electron chi connectivity index (χ3n) is 4.22. The molecule has 0 aliphatic carbocycles. The molecule has 2 N–H and O–H groups in total. The van der Waals surface area contributed by atoms with Crippen molar-refractivity contribution in [2.45, 2.75) is 26.3 Å². The van der Waals surface area contributed by atoms with Gasteiger partial charge in [-0.2, -0.15) is 0 Å². The summed E-state index contributed by atoms with van der Waals surface area (Å²) < 4.78 is 18.9. The first-order chi connectivity index (χ1) is 11.7. The van der Waals surface area contributed by atoms with Crippen molar-refractivity contribution in [2.24, 2.45) is 4.99 Å². The second kappa shape index (κ2) is 10.3. The molecule has 0 bridgehead atoms. The Morgan fingerprint density at radius 1 is 1.25 bits per heavy atom. The normalized spacial score (nSPS) is 16.2. The van der Waals surface area contributed by atoms with Crippen LogP contribution in [0.15, 0.2) is 23.2 Å². The van der Waals surface area contributed by atoms with Crippen LogP contribution in [0.4, 0.5) is 4.39 Å². The van der Waals surface area contributed by atoms with Gasteiger partial charge in [-0.05, 0) is 43.5 Å². The van der Waals surface area contributed by atoms with Crippen LogP contribution >= 0.6 is 0 Å². The molecule has 0 radical (unpaired) electrons. The van der Waals surface area contributed by atoms with Crippen molar-refractivity contribution in [1.29, 1.82) is 0 Å². The maximum Gasteiger partial charge on any atom is 0.191 e. The Labute approximate surface area is 144 Å². The number of morpholine rings is 1. The van der Waals surface area contributed by atoms with Crippen molar-refractivity contribution in [3.05, 3.63) is 35.1 Å². The average molecular weight is 336 g/mol. The third-order valence-corrected chi connectivity index (χ3v) is 4.22. The molecule has 1 heterocycles. The van der Waals surface area contributed by atoms with Crippen molar-refractivity contribution >= 4 is 5.96 Å². The van der Waals surface area contributed by atoms with Gasteiger partial charge in [0.2, 0.25) is 0 Å². The number of halogens is 1. The molecule has 6 heteroatoms. The molecule has 0 spiro atoms. The average Bonchev–Trinajstić information content (AvgIpc) is 2.61. The first kappa shape index (κ1) is 18.7. The summed E-state index contributed by atoms with van der Waals surface area (Å²) in [5.41, 5.74) is 1.58. The first-order valence-electron chi connectivity index (χ1n) is 8.68. The van der Waals surface area contributed by atoms with Crippen LogP contribution in [0.2, 0.25) is 0 Å². The second-order valence-electron chi connectivity index (χ2n) is 6.10. The highest BCUT2D eigenvalue weighted by Crippen LogP contribution is 2.08. The Morgan fingerprint density at radius 2 is 2.04 bits per heavy atom. The second-order valence-corrected chi connectivity index (χ2v) is 6.10. The molecule has 134 valence electrons. The summed E-state index contributed by atoms with van der Waals surface area (Å²) in [6.45, 7) is 8.14. The Morgan fingerprint density at radius 3 is 2.75 bits per heavy atom. The van der Waals surface area contributed by atoms with Gasteiger partial charge in [-0.25, -0.2) is 4.39 Å². The number of nitrogens with zero attached hydrogens (tertiary/aromatic N) is 2. The summed E-state index contributed by atoms with van der Waals surface area (Å²) in [4.78, 5) is 6.65. The van der Waals surface area contributed by atoms with Gasteiger partial charge in [-0.3, -0.25) is 9.89 Å². The first-order valence-corrected chi connectivity index (χ1v) is 8.68. The minimum Gasteiger partial charge on any atom is -0.379 e. The van der Waals surface area contributed by atoms with Crippen molar-refractivity contribution in [1.82, 2.24) is 15.5 Å². The van der Waals surface area contributed by atoms with Gasteiger partial charge in [0.25, 0.3) is 0 Å². The molecular formula is C18H29FN4O. The number of rotatable bonds is 7. The number of nitrogens with one attached hydrogen (secondary N) is 2. The van der Waals surface area contributed by atoms with Crippen LogP contribution in [0.25, 0.3) is 0 Å². The van der Waals surface area contributed by atoms with E-state index in [1.54, 1.807) is 26.1 Å². The molecule has 0 saturated carbocycles. The third kappa shape index (κ3) is 6.45. The fourth-order valence-electron chi connectivity index (χ4n) is 2.64. The predicted molar refractivity (Wildman–Crippen MR) is 95.8 cm³/mol. The van der Waals surface area contributed by atoms with Gasteiger partial charge in [0, 0.05) is 33.2 Å². The molecule has 1 saturated heterocycles. The monoisotopic (exact) mass is 336 g/mol. The molecule has 24 heavy (non-hydrogen) atoms. The molecule has 0 unspecified atom stereocenters. The van der Waals surface area contributed by atoms with E-state index in [9.17, 15) is 4.39 Å². The van der Waals surface area contributed by atoms with E-state index < -0.39 is 0 Å². The molecule has 1 aromatic carbocycles. The smallest absolute Gasteiger partial charge is 0.191 e. The standard InChI is InChI=1S/C18H29FN4O/c1-15-5-6-16(13-17(15)19)14-22-18(20-2)21-7-3-4-8-23-9-11-24-12-10-23/h5-6,13H,3-4,7-12,14H2,1-2H3,(H2,20,21,22). The molecule has 1 aliphatic rings. The summed E-state index contributed by atoms with van der Waals surface area (Å²) in [5, 5.41) is 6.52. The topological polar surface area (TPSA) is 48.9 Å². The van der Waals surface area contributed by atoms with Crippen molar-refractivity contribution < 1.29 is 9.13 Å². The van der Waals surface area contributed by atoms with E-state index in [4.69, 9.17) is 4.74 Å². The number of aryl methyl sites for hydroxylation is 1. The lowest BCUT2D eigenvalue weighted by Gasteiger charge is -2.26. The molecule has 2 rings (SSSR count). The van der Waals surface area contributed by atoms with Crippen LogP contribution < -0.4 is 10.6 Å².